The Bertz CT molecular complexity index is 1670. The first-order valence-electron chi connectivity index (χ1n) is 11.8. The molecule has 3 heterocycles. The van der Waals surface area contributed by atoms with E-state index in [2.05, 4.69) is 15.3 Å². The number of fused-ring (bicyclic) bond motifs is 1. The highest BCUT2D eigenvalue weighted by atomic mass is 32.2. The summed E-state index contributed by atoms with van der Waals surface area (Å²) in [6, 6.07) is 9.13. The van der Waals surface area contributed by atoms with E-state index in [9.17, 15) is 22.0 Å². The monoisotopic (exact) mass is 543 g/mol. The van der Waals surface area contributed by atoms with Gasteiger partial charge in [0.2, 0.25) is 5.78 Å². The average molecular weight is 544 g/mol. The van der Waals surface area contributed by atoms with Crippen molar-refractivity contribution in [1.82, 2.24) is 14.3 Å². The van der Waals surface area contributed by atoms with Crippen molar-refractivity contribution in [3.63, 3.8) is 0 Å². The van der Waals surface area contributed by atoms with Gasteiger partial charge in [0.15, 0.2) is 5.82 Å². The standard InChI is InChI=1S/C26H24F3N5O3S/c1-14-3-4-15(10-22(14)30-2)16-9-18-19(12-32-26(18)31-11-16)25(35)23-20(28)5-6-21(24(23)29)33-38(36,37)34-8-7-17(27)13-34/h3-6,9-12,17,30,33H,7-8,13H2,1-2H3,(H,31,32)/t17-/m1/s1. The normalized spacial score (nSPS) is 16.2. The smallest absolute Gasteiger partial charge is 0.301 e. The summed E-state index contributed by atoms with van der Waals surface area (Å²) in [5.74, 6) is -3.52. The molecule has 8 nitrogen and oxygen atoms in total. The Balaban J connectivity index is 1.52. The number of ketones is 1. The van der Waals surface area contributed by atoms with Crippen LogP contribution in [0.15, 0.2) is 48.8 Å². The quantitative estimate of drug-likeness (QED) is 0.291. The molecular formula is C26H24F3N5O3S. The van der Waals surface area contributed by atoms with Crippen molar-refractivity contribution in [2.75, 3.05) is 30.2 Å². The highest BCUT2D eigenvalue weighted by Crippen LogP contribution is 2.31. The number of rotatable bonds is 7. The molecule has 12 heteroatoms. The number of nitrogens with one attached hydrogen (secondary N) is 3. The van der Waals surface area contributed by atoms with Crippen LogP contribution in [0.25, 0.3) is 22.2 Å². The van der Waals surface area contributed by atoms with Crippen LogP contribution in [0.5, 0.6) is 0 Å². The Kier molecular flexibility index (Phi) is 6.61. The summed E-state index contributed by atoms with van der Waals surface area (Å²) < 4.78 is 71.8. The number of halogens is 3. The zero-order valence-corrected chi connectivity index (χ0v) is 21.3. The van der Waals surface area contributed by atoms with E-state index in [4.69, 9.17) is 0 Å². The van der Waals surface area contributed by atoms with Gasteiger partial charge in [0.25, 0.3) is 0 Å². The Morgan fingerprint density at radius 1 is 1.13 bits per heavy atom. The minimum atomic E-state index is -4.31. The van der Waals surface area contributed by atoms with Crippen molar-refractivity contribution >= 4 is 38.4 Å². The van der Waals surface area contributed by atoms with E-state index in [0.717, 1.165) is 33.3 Å². The number of anilines is 2. The van der Waals surface area contributed by atoms with E-state index < -0.39 is 45.0 Å². The molecule has 1 aliphatic rings. The van der Waals surface area contributed by atoms with Gasteiger partial charge in [-0.15, -0.1) is 0 Å². The second-order valence-electron chi connectivity index (χ2n) is 9.07. The molecule has 2 aromatic heterocycles. The number of aryl methyl sites for hydroxylation is 1. The van der Waals surface area contributed by atoms with Gasteiger partial charge in [-0.2, -0.15) is 12.7 Å². The SMILES string of the molecule is CNc1cc(-c2cnc3[nH]cc(C(=O)c4c(F)ccc(NS(=O)(=O)N5CC[C@@H](F)C5)c4F)c3c2)ccc1C. The van der Waals surface area contributed by atoms with Crippen LogP contribution >= 0.6 is 0 Å². The molecule has 4 aromatic rings. The van der Waals surface area contributed by atoms with Crippen LogP contribution in [0.2, 0.25) is 0 Å². The van der Waals surface area contributed by atoms with E-state index >= 15 is 4.39 Å². The van der Waals surface area contributed by atoms with Crippen molar-refractivity contribution in [3.05, 3.63) is 77.1 Å². The summed E-state index contributed by atoms with van der Waals surface area (Å²) in [7, 11) is -2.51. The second kappa shape index (κ2) is 9.76. The van der Waals surface area contributed by atoms with E-state index in [0.29, 0.717) is 16.6 Å². The first-order chi connectivity index (χ1) is 18.1. The van der Waals surface area contributed by atoms with Crippen LogP contribution in [0, 0.1) is 18.6 Å². The highest BCUT2D eigenvalue weighted by Gasteiger charge is 2.33. The first kappa shape index (κ1) is 25.7. The molecule has 0 spiro atoms. The maximum absolute atomic E-state index is 15.4. The summed E-state index contributed by atoms with van der Waals surface area (Å²) in [6.45, 7) is 1.51. The number of carbonyl (C=O) groups excluding carboxylic acids is 1. The van der Waals surface area contributed by atoms with Gasteiger partial charge in [0, 0.05) is 54.7 Å². The molecule has 0 radical (unpaired) electrons. The topological polar surface area (TPSA) is 107 Å². The highest BCUT2D eigenvalue weighted by molar-refractivity contribution is 7.90. The lowest BCUT2D eigenvalue weighted by atomic mass is 9.99. The Morgan fingerprint density at radius 3 is 2.63 bits per heavy atom. The van der Waals surface area contributed by atoms with Crippen molar-refractivity contribution in [2.24, 2.45) is 0 Å². The van der Waals surface area contributed by atoms with E-state index in [1.165, 1.54) is 6.20 Å². The van der Waals surface area contributed by atoms with E-state index in [1.54, 1.807) is 19.3 Å². The Morgan fingerprint density at radius 2 is 1.92 bits per heavy atom. The van der Waals surface area contributed by atoms with E-state index in [1.807, 2.05) is 29.8 Å². The van der Waals surface area contributed by atoms with Crippen molar-refractivity contribution < 1.29 is 26.4 Å². The number of alkyl halides is 1. The number of aromatic nitrogens is 2. The number of hydrogen-bond donors (Lipinski definition) is 3. The molecule has 2 aromatic carbocycles. The van der Waals surface area contributed by atoms with Gasteiger partial charge in [0.05, 0.1) is 11.3 Å². The predicted molar refractivity (Wildman–Crippen MR) is 139 cm³/mol. The third kappa shape index (κ3) is 4.61. The molecule has 3 N–H and O–H groups in total. The lowest BCUT2D eigenvalue weighted by Gasteiger charge is -2.18. The van der Waals surface area contributed by atoms with Crippen molar-refractivity contribution in [3.8, 4) is 11.1 Å². The zero-order valence-electron chi connectivity index (χ0n) is 20.5. The summed E-state index contributed by atoms with van der Waals surface area (Å²) >= 11 is 0. The number of pyridine rings is 1. The maximum atomic E-state index is 15.4. The lowest BCUT2D eigenvalue weighted by molar-refractivity contribution is 0.103. The summed E-state index contributed by atoms with van der Waals surface area (Å²) in [6.07, 6.45) is 1.62. The maximum Gasteiger partial charge on any atom is 0.301 e. The molecule has 1 aliphatic heterocycles. The third-order valence-electron chi connectivity index (χ3n) is 6.61. The van der Waals surface area contributed by atoms with Crippen molar-refractivity contribution in [1.29, 1.82) is 0 Å². The number of H-pyrrole nitrogens is 1. The van der Waals surface area contributed by atoms with Crippen LogP contribution < -0.4 is 10.0 Å². The first-order valence-corrected chi connectivity index (χ1v) is 13.2. The van der Waals surface area contributed by atoms with Crippen molar-refractivity contribution in [2.45, 2.75) is 19.5 Å². The third-order valence-corrected chi connectivity index (χ3v) is 8.10. The molecule has 0 amide bonds. The number of benzene rings is 2. The van der Waals surface area contributed by atoms with Gasteiger partial charge in [-0.3, -0.25) is 9.52 Å². The van der Waals surface area contributed by atoms with Gasteiger partial charge in [-0.1, -0.05) is 12.1 Å². The second-order valence-corrected chi connectivity index (χ2v) is 10.7. The molecular weight excluding hydrogens is 519 g/mol. The summed E-state index contributed by atoms with van der Waals surface area (Å²) in [4.78, 5) is 20.6. The van der Waals surface area contributed by atoms with Crippen LogP contribution in [0.1, 0.15) is 27.9 Å². The fraction of sp³-hybridized carbons (Fsp3) is 0.231. The molecule has 5 rings (SSSR count). The van der Waals surface area contributed by atoms with Gasteiger partial charge in [0.1, 0.15) is 17.6 Å². The van der Waals surface area contributed by atoms with Gasteiger partial charge >= 0.3 is 10.2 Å². The van der Waals surface area contributed by atoms with Crippen LogP contribution in [-0.2, 0) is 10.2 Å². The molecule has 198 valence electrons. The minimum absolute atomic E-state index is 0.0198. The fourth-order valence-electron chi connectivity index (χ4n) is 4.50. The number of hydrogen-bond acceptors (Lipinski definition) is 5. The van der Waals surface area contributed by atoms with Crippen LogP contribution in [0.3, 0.4) is 0 Å². The average Bonchev–Trinajstić information content (AvgIpc) is 3.52. The predicted octanol–water partition coefficient (Wildman–Crippen LogP) is 4.79. The molecule has 0 unspecified atom stereocenters. The molecule has 1 fully saturated rings. The summed E-state index contributed by atoms with van der Waals surface area (Å²) in [5.41, 5.74) is 2.22. The molecule has 1 saturated heterocycles. The van der Waals surface area contributed by atoms with Gasteiger partial charge in [-0.25, -0.2) is 18.2 Å². The lowest BCUT2D eigenvalue weighted by Crippen LogP contribution is -2.34. The van der Waals surface area contributed by atoms with Gasteiger partial charge < -0.3 is 10.3 Å². The number of nitrogens with zero attached hydrogens (tertiary/aromatic N) is 2. The van der Waals surface area contributed by atoms with Gasteiger partial charge in [-0.05, 0) is 48.7 Å². The number of carbonyl (C=O) groups is 1. The molecule has 1 atom stereocenters. The van der Waals surface area contributed by atoms with E-state index in [-0.39, 0.29) is 25.1 Å². The summed E-state index contributed by atoms with van der Waals surface area (Å²) in [5, 5.41) is 3.45. The molecule has 0 saturated carbocycles. The molecule has 0 bridgehead atoms. The van der Waals surface area contributed by atoms with Crippen LogP contribution in [0.4, 0.5) is 24.5 Å². The Hall–Kier alpha value is -3.90. The molecule has 38 heavy (non-hydrogen) atoms. The molecule has 0 aliphatic carbocycles. The Labute approximate surface area is 217 Å². The zero-order chi connectivity index (χ0) is 27.2. The number of aromatic amines is 1. The largest absolute Gasteiger partial charge is 0.388 e. The fourth-order valence-corrected chi connectivity index (χ4v) is 5.77. The van der Waals surface area contributed by atoms with Crippen LogP contribution in [-0.4, -0.2) is 54.8 Å². The minimum Gasteiger partial charge on any atom is -0.388 e.